The molecule has 2 rings (SSSR count). The number of rotatable bonds is 1. The zero-order chi connectivity index (χ0) is 8.39. The van der Waals surface area contributed by atoms with Crippen molar-refractivity contribution in [2.75, 3.05) is 0 Å². The lowest BCUT2D eigenvalue weighted by molar-refractivity contribution is 0.541. The highest BCUT2D eigenvalue weighted by Crippen LogP contribution is 2.14. The van der Waals surface area contributed by atoms with E-state index in [0.29, 0.717) is 6.42 Å². The first-order chi connectivity index (χ1) is 5.90. The van der Waals surface area contributed by atoms with Gasteiger partial charge in [0.25, 0.3) is 0 Å². The lowest BCUT2D eigenvalue weighted by Gasteiger charge is -2.12. The van der Waals surface area contributed by atoms with Gasteiger partial charge in [-0.2, -0.15) is 0 Å². The largest absolute Gasteiger partial charge is 0.288 e. The highest BCUT2D eigenvalue weighted by Gasteiger charge is 2.13. The van der Waals surface area contributed by atoms with Crippen molar-refractivity contribution in [3.8, 4) is 0 Å². The molecule has 0 aliphatic carbocycles. The van der Waals surface area contributed by atoms with Crippen molar-refractivity contribution >= 4 is 12.5 Å². The summed E-state index contributed by atoms with van der Waals surface area (Å²) in [6.07, 6.45) is 4.33. The van der Waals surface area contributed by atoms with Gasteiger partial charge in [-0.1, -0.05) is 24.3 Å². The SMILES string of the molecule is O=[C]C1Cc2ccccc2C=N1. The second kappa shape index (κ2) is 2.89. The molecule has 1 aliphatic rings. The number of hydrogen-bond donors (Lipinski definition) is 0. The minimum Gasteiger partial charge on any atom is -0.288 e. The summed E-state index contributed by atoms with van der Waals surface area (Å²) in [5.41, 5.74) is 2.30. The molecule has 1 unspecified atom stereocenters. The van der Waals surface area contributed by atoms with Crippen molar-refractivity contribution in [3.63, 3.8) is 0 Å². The molecule has 1 aliphatic heterocycles. The third-order valence-corrected chi connectivity index (χ3v) is 2.00. The molecular formula is C10H8NO. The molecule has 1 atom stereocenters. The molecule has 12 heavy (non-hydrogen) atoms. The molecule has 0 saturated heterocycles. The van der Waals surface area contributed by atoms with Crippen molar-refractivity contribution in [1.82, 2.24) is 0 Å². The maximum Gasteiger partial charge on any atom is 0.225 e. The summed E-state index contributed by atoms with van der Waals surface area (Å²) in [6, 6.07) is 7.67. The third-order valence-electron chi connectivity index (χ3n) is 2.00. The predicted molar refractivity (Wildman–Crippen MR) is 47.2 cm³/mol. The number of carbonyl (C=O) groups excluding carboxylic acids is 1. The predicted octanol–water partition coefficient (Wildman–Crippen LogP) is 1.14. The Balaban J connectivity index is 2.39. The van der Waals surface area contributed by atoms with Gasteiger partial charge in [-0.05, 0) is 11.1 Å². The van der Waals surface area contributed by atoms with Crippen LogP contribution < -0.4 is 0 Å². The van der Waals surface area contributed by atoms with Gasteiger partial charge in [0.15, 0.2) is 0 Å². The Labute approximate surface area is 70.9 Å². The molecule has 0 aromatic heterocycles. The quantitative estimate of drug-likeness (QED) is 0.602. The number of nitrogens with zero attached hydrogens (tertiary/aromatic N) is 1. The molecule has 1 heterocycles. The normalized spacial score (nSPS) is 20.2. The van der Waals surface area contributed by atoms with E-state index < -0.39 is 0 Å². The average Bonchev–Trinajstić information content (AvgIpc) is 2.17. The van der Waals surface area contributed by atoms with Gasteiger partial charge in [0, 0.05) is 12.6 Å². The number of aliphatic imine (C=N–C) groups is 1. The van der Waals surface area contributed by atoms with Crippen LogP contribution in [0.1, 0.15) is 11.1 Å². The Morgan fingerprint density at radius 1 is 1.42 bits per heavy atom. The summed E-state index contributed by atoms with van der Waals surface area (Å²) in [6.45, 7) is 0. The first-order valence-corrected chi connectivity index (χ1v) is 3.89. The summed E-state index contributed by atoms with van der Waals surface area (Å²) in [5.74, 6) is 0. The summed E-state index contributed by atoms with van der Waals surface area (Å²) in [7, 11) is 0. The van der Waals surface area contributed by atoms with Crippen LogP contribution in [0.25, 0.3) is 0 Å². The molecule has 2 heteroatoms. The van der Waals surface area contributed by atoms with Crippen LogP contribution in [0.3, 0.4) is 0 Å². The Hall–Kier alpha value is -1.44. The van der Waals surface area contributed by atoms with E-state index in [4.69, 9.17) is 0 Å². The smallest absolute Gasteiger partial charge is 0.225 e. The lowest BCUT2D eigenvalue weighted by atomic mass is 9.99. The van der Waals surface area contributed by atoms with Crippen LogP contribution in [-0.2, 0) is 11.2 Å². The second-order valence-electron chi connectivity index (χ2n) is 2.81. The van der Waals surface area contributed by atoms with Gasteiger partial charge in [0.2, 0.25) is 6.29 Å². The topological polar surface area (TPSA) is 29.4 Å². The van der Waals surface area contributed by atoms with Crippen LogP contribution in [0.5, 0.6) is 0 Å². The third kappa shape index (κ3) is 1.16. The fourth-order valence-corrected chi connectivity index (χ4v) is 1.35. The molecule has 1 aromatic carbocycles. The summed E-state index contributed by atoms with van der Waals surface area (Å²) in [5, 5.41) is 0. The summed E-state index contributed by atoms with van der Waals surface area (Å²) in [4.78, 5) is 14.4. The maximum absolute atomic E-state index is 10.3. The molecule has 0 N–H and O–H groups in total. The molecule has 0 fully saturated rings. The molecular weight excluding hydrogens is 150 g/mol. The van der Waals surface area contributed by atoms with E-state index >= 15 is 0 Å². The minimum atomic E-state index is -0.292. The van der Waals surface area contributed by atoms with Crippen LogP contribution in [0, 0.1) is 0 Å². The van der Waals surface area contributed by atoms with E-state index in [-0.39, 0.29) is 6.04 Å². The molecule has 0 bridgehead atoms. The van der Waals surface area contributed by atoms with Gasteiger partial charge in [-0.15, -0.1) is 0 Å². The number of fused-ring (bicyclic) bond motifs is 1. The van der Waals surface area contributed by atoms with E-state index in [1.165, 1.54) is 5.56 Å². The van der Waals surface area contributed by atoms with Gasteiger partial charge in [-0.3, -0.25) is 9.79 Å². The van der Waals surface area contributed by atoms with Gasteiger partial charge in [-0.25, -0.2) is 0 Å². The summed E-state index contributed by atoms with van der Waals surface area (Å²) >= 11 is 0. The molecule has 59 valence electrons. The van der Waals surface area contributed by atoms with Gasteiger partial charge < -0.3 is 0 Å². The monoisotopic (exact) mass is 158 g/mol. The Morgan fingerprint density at radius 3 is 3.08 bits per heavy atom. The van der Waals surface area contributed by atoms with Crippen LogP contribution >= 0.6 is 0 Å². The standard InChI is InChI=1S/C10H8NO/c12-7-10-5-8-3-1-2-4-9(8)6-11-10/h1-4,6,10H,5H2. The van der Waals surface area contributed by atoms with Gasteiger partial charge in [0.1, 0.15) is 6.04 Å². The summed E-state index contributed by atoms with van der Waals surface area (Å²) < 4.78 is 0. The number of benzene rings is 1. The van der Waals surface area contributed by atoms with Crippen molar-refractivity contribution in [1.29, 1.82) is 0 Å². The van der Waals surface area contributed by atoms with Crippen molar-refractivity contribution in [2.24, 2.45) is 4.99 Å². The molecule has 1 radical (unpaired) electrons. The molecule has 0 spiro atoms. The fraction of sp³-hybridized carbons (Fsp3) is 0.200. The second-order valence-corrected chi connectivity index (χ2v) is 2.81. The van der Waals surface area contributed by atoms with Gasteiger partial charge in [0.05, 0.1) is 0 Å². The van der Waals surface area contributed by atoms with E-state index in [2.05, 4.69) is 4.99 Å². The van der Waals surface area contributed by atoms with Crippen LogP contribution in [0.2, 0.25) is 0 Å². The molecule has 1 aromatic rings. The van der Waals surface area contributed by atoms with E-state index in [1.807, 2.05) is 30.6 Å². The molecule has 2 nitrogen and oxygen atoms in total. The first-order valence-electron chi connectivity index (χ1n) is 3.89. The van der Waals surface area contributed by atoms with E-state index in [0.717, 1.165) is 5.56 Å². The van der Waals surface area contributed by atoms with Crippen LogP contribution in [0.4, 0.5) is 0 Å². The molecule has 0 saturated carbocycles. The zero-order valence-electron chi connectivity index (χ0n) is 6.53. The van der Waals surface area contributed by atoms with Crippen molar-refractivity contribution < 1.29 is 4.79 Å². The van der Waals surface area contributed by atoms with Crippen molar-refractivity contribution in [3.05, 3.63) is 35.4 Å². The Bertz CT molecular complexity index is 330. The lowest BCUT2D eigenvalue weighted by Crippen LogP contribution is -2.16. The highest BCUT2D eigenvalue weighted by atomic mass is 16.1. The fourth-order valence-electron chi connectivity index (χ4n) is 1.35. The molecule has 0 amide bonds. The average molecular weight is 158 g/mol. The van der Waals surface area contributed by atoms with E-state index in [1.54, 1.807) is 6.21 Å². The van der Waals surface area contributed by atoms with E-state index in [9.17, 15) is 4.79 Å². The Morgan fingerprint density at radius 2 is 2.25 bits per heavy atom. The van der Waals surface area contributed by atoms with Crippen LogP contribution in [-0.4, -0.2) is 18.5 Å². The maximum atomic E-state index is 10.3. The van der Waals surface area contributed by atoms with Crippen molar-refractivity contribution in [2.45, 2.75) is 12.5 Å². The minimum absolute atomic E-state index is 0.292. The number of hydrogen-bond acceptors (Lipinski definition) is 2. The first kappa shape index (κ1) is 7.22. The zero-order valence-corrected chi connectivity index (χ0v) is 6.53. The highest BCUT2D eigenvalue weighted by molar-refractivity contribution is 5.85. The van der Waals surface area contributed by atoms with Gasteiger partial charge >= 0.3 is 0 Å². The Kier molecular flexibility index (Phi) is 1.74. The van der Waals surface area contributed by atoms with Crippen LogP contribution in [0.15, 0.2) is 29.3 Å².